The number of methoxy groups -OCH3 is 1. The van der Waals surface area contributed by atoms with Crippen LogP contribution in [0.1, 0.15) is 42.1 Å². The summed E-state index contributed by atoms with van der Waals surface area (Å²) in [6, 6.07) is 25.8. The topological polar surface area (TPSA) is 49.8 Å². The van der Waals surface area contributed by atoms with Gasteiger partial charge in [-0.15, -0.1) is 0 Å². The predicted octanol–water partition coefficient (Wildman–Crippen LogP) is 6.24. The number of carbonyl (C=O) groups is 1. The first-order valence-corrected chi connectivity index (χ1v) is 10.7. The van der Waals surface area contributed by atoms with Crippen LogP contribution in [-0.2, 0) is 11.3 Å². The molecule has 3 aromatic rings. The first kappa shape index (κ1) is 22.1. The summed E-state index contributed by atoms with van der Waals surface area (Å²) >= 11 is 3.54. The minimum absolute atomic E-state index is 0.0103. The third-order valence-electron chi connectivity index (χ3n) is 5.27. The van der Waals surface area contributed by atoms with Crippen LogP contribution in [0.3, 0.4) is 0 Å². The van der Waals surface area contributed by atoms with E-state index in [0.717, 1.165) is 21.2 Å². The fourth-order valence-corrected chi connectivity index (χ4v) is 4.21. The van der Waals surface area contributed by atoms with Gasteiger partial charge < -0.3 is 9.84 Å². The zero-order valence-corrected chi connectivity index (χ0v) is 18.7. The number of hydrogen-bond acceptors (Lipinski definition) is 3. The fraction of sp³-hybridized carbons (Fsp3) is 0.240. The van der Waals surface area contributed by atoms with E-state index in [1.54, 1.807) is 7.11 Å². The van der Waals surface area contributed by atoms with Gasteiger partial charge in [-0.05, 0) is 41.8 Å². The second kappa shape index (κ2) is 10.4. The molecule has 0 saturated carbocycles. The van der Waals surface area contributed by atoms with E-state index in [2.05, 4.69) is 52.0 Å². The average Bonchev–Trinajstić information content (AvgIpc) is 2.76. The van der Waals surface area contributed by atoms with Crippen LogP contribution in [0.15, 0.2) is 83.3 Å². The van der Waals surface area contributed by atoms with Gasteiger partial charge in [-0.1, -0.05) is 76.6 Å². The molecule has 1 unspecified atom stereocenters. The number of hydrogen-bond donors (Lipinski definition) is 1. The normalized spacial score (nSPS) is 13.1. The van der Waals surface area contributed by atoms with Crippen molar-refractivity contribution in [1.82, 2.24) is 4.90 Å². The Morgan fingerprint density at radius 1 is 1.00 bits per heavy atom. The van der Waals surface area contributed by atoms with Crippen molar-refractivity contribution < 1.29 is 14.6 Å². The van der Waals surface area contributed by atoms with Crippen molar-refractivity contribution in [2.75, 3.05) is 7.11 Å². The molecule has 4 nitrogen and oxygen atoms in total. The van der Waals surface area contributed by atoms with E-state index in [0.29, 0.717) is 12.3 Å². The molecule has 0 radical (unpaired) electrons. The van der Waals surface area contributed by atoms with Gasteiger partial charge in [-0.25, -0.2) is 0 Å². The van der Waals surface area contributed by atoms with Crippen molar-refractivity contribution >= 4 is 21.9 Å². The number of rotatable bonds is 9. The summed E-state index contributed by atoms with van der Waals surface area (Å²) in [5.74, 6) is -0.140. The molecule has 0 amide bonds. The van der Waals surface area contributed by atoms with Gasteiger partial charge in [0, 0.05) is 23.1 Å². The SMILES string of the molecule is COc1cc(Br)cc(C(CC(=O)O)N(Cc2ccccc2)[C@H](C)c2ccccc2)c1. The highest BCUT2D eigenvalue weighted by atomic mass is 79.9. The third kappa shape index (κ3) is 5.71. The molecule has 1 N–H and O–H groups in total. The lowest BCUT2D eigenvalue weighted by Crippen LogP contribution is -2.32. The standard InChI is InChI=1S/C25H26BrNO3/c1-18(20-11-7-4-8-12-20)27(17-19-9-5-3-6-10-19)24(16-25(28)29)21-13-22(26)15-23(14-21)30-2/h3-15,18,24H,16-17H2,1-2H3,(H,28,29)/t18-,24?/m1/s1. The van der Waals surface area contributed by atoms with Gasteiger partial charge in [0.2, 0.25) is 0 Å². The highest BCUT2D eigenvalue weighted by Crippen LogP contribution is 2.37. The Morgan fingerprint density at radius 3 is 2.23 bits per heavy atom. The molecule has 0 aliphatic carbocycles. The first-order chi connectivity index (χ1) is 14.5. The van der Waals surface area contributed by atoms with Crippen LogP contribution >= 0.6 is 15.9 Å². The van der Waals surface area contributed by atoms with Crippen LogP contribution in [0, 0.1) is 0 Å². The van der Waals surface area contributed by atoms with Gasteiger partial charge in [-0.2, -0.15) is 0 Å². The second-order valence-electron chi connectivity index (χ2n) is 7.28. The molecule has 0 aromatic heterocycles. The largest absolute Gasteiger partial charge is 0.497 e. The number of nitrogens with zero attached hydrogens (tertiary/aromatic N) is 1. The molecule has 3 aromatic carbocycles. The van der Waals surface area contributed by atoms with Crippen molar-refractivity contribution in [2.24, 2.45) is 0 Å². The molecule has 0 fully saturated rings. The fourth-order valence-electron chi connectivity index (χ4n) is 3.72. The van der Waals surface area contributed by atoms with E-state index in [1.807, 2.05) is 54.6 Å². The van der Waals surface area contributed by atoms with Crippen LogP contribution in [0.5, 0.6) is 5.75 Å². The maximum atomic E-state index is 11.9. The van der Waals surface area contributed by atoms with E-state index in [-0.39, 0.29) is 18.5 Å². The summed E-state index contributed by atoms with van der Waals surface area (Å²) < 4.78 is 6.30. The molecule has 30 heavy (non-hydrogen) atoms. The van der Waals surface area contributed by atoms with Crippen LogP contribution in [0.2, 0.25) is 0 Å². The minimum atomic E-state index is -0.836. The molecule has 0 heterocycles. The Kier molecular flexibility index (Phi) is 7.66. The molecular weight excluding hydrogens is 442 g/mol. The van der Waals surface area contributed by atoms with Crippen molar-refractivity contribution in [3.8, 4) is 5.75 Å². The van der Waals surface area contributed by atoms with Gasteiger partial charge >= 0.3 is 5.97 Å². The first-order valence-electron chi connectivity index (χ1n) is 9.89. The zero-order valence-electron chi connectivity index (χ0n) is 17.2. The molecule has 0 aliphatic rings. The van der Waals surface area contributed by atoms with E-state index in [4.69, 9.17) is 4.74 Å². The third-order valence-corrected chi connectivity index (χ3v) is 5.73. The van der Waals surface area contributed by atoms with Gasteiger partial charge in [0.25, 0.3) is 0 Å². The highest BCUT2D eigenvalue weighted by Gasteiger charge is 2.29. The molecule has 3 rings (SSSR count). The highest BCUT2D eigenvalue weighted by molar-refractivity contribution is 9.10. The Hall–Kier alpha value is -2.63. The van der Waals surface area contributed by atoms with Crippen molar-refractivity contribution in [3.63, 3.8) is 0 Å². The van der Waals surface area contributed by atoms with Crippen LogP contribution < -0.4 is 4.74 Å². The van der Waals surface area contributed by atoms with Crippen LogP contribution in [0.4, 0.5) is 0 Å². The number of aliphatic carboxylic acids is 1. The summed E-state index contributed by atoms with van der Waals surface area (Å²) in [4.78, 5) is 14.1. The summed E-state index contributed by atoms with van der Waals surface area (Å²) in [6.07, 6.45) is -0.0103. The lowest BCUT2D eigenvalue weighted by molar-refractivity contribution is -0.138. The molecule has 5 heteroatoms. The monoisotopic (exact) mass is 467 g/mol. The maximum absolute atomic E-state index is 11.9. The van der Waals surface area contributed by atoms with Crippen molar-refractivity contribution in [1.29, 1.82) is 0 Å². The molecule has 156 valence electrons. The van der Waals surface area contributed by atoms with E-state index < -0.39 is 5.97 Å². The number of benzene rings is 3. The van der Waals surface area contributed by atoms with Gasteiger partial charge in [-0.3, -0.25) is 9.69 Å². The molecule has 0 spiro atoms. The Morgan fingerprint density at radius 2 is 1.63 bits per heavy atom. The lowest BCUT2D eigenvalue weighted by atomic mass is 9.96. The second-order valence-corrected chi connectivity index (χ2v) is 8.20. The predicted molar refractivity (Wildman–Crippen MR) is 123 cm³/mol. The summed E-state index contributed by atoms with van der Waals surface area (Å²) in [5.41, 5.74) is 3.19. The van der Waals surface area contributed by atoms with Crippen LogP contribution in [0.25, 0.3) is 0 Å². The smallest absolute Gasteiger partial charge is 0.305 e. The summed E-state index contributed by atoms with van der Waals surface area (Å²) in [6.45, 7) is 2.76. The maximum Gasteiger partial charge on any atom is 0.305 e. The molecule has 2 atom stereocenters. The van der Waals surface area contributed by atoms with Gasteiger partial charge in [0.1, 0.15) is 5.75 Å². The Labute approximate surface area is 186 Å². The van der Waals surface area contributed by atoms with Crippen molar-refractivity contribution in [3.05, 3.63) is 100 Å². The average molecular weight is 468 g/mol. The quantitative estimate of drug-likeness (QED) is 0.404. The number of carboxylic acids is 1. The minimum Gasteiger partial charge on any atom is -0.497 e. The number of ether oxygens (including phenoxy) is 1. The molecular formula is C25H26BrNO3. The molecule has 0 aliphatic heterocycles. The summed E-state index contributed by atoms with van der Waals surface area (Å²) in [7, 11) is 1.62. The van der Waals surface area contributed by atoms with E-state index >= 15 is 0 Å². The van der Waals surface area contributed by atoms with Gasteiger partial charge in [0.15, 0.2) is 0 Å². The lowest BCUT2D eigenvalue weighted by Gasteiger charge is -2.37. The number of halogens is 1. The summed E-state index contributed by atoms with van der Waals surface area (Å²) in [5, 5.41) is 9.74. The Balaban J connectivity index is 2.08. The van der Waals surface area contributed by atoms with Crippen LogP contribution in [-0.4, -0.2) is 23.1 Å². The van der Waals surface area contributed by atoms with Gasteiger partial charge in [0.05, 0.1) is 13.5 Å². The van der Waals surface area contributed by atoms with E-state index in [9.17, 15) is 9.90 Å². The zero-order chi connectivity index (χ0) is 21.5. The Bertz CT molecular complexity index is 963. The molecule has 0 bridgehead atoms. The number of carboxylic acid groups (broad SMARTS) is 1. The van der Waals surface area contributed by atoms with Crippen molar-refractivity contribution in [2.45, 2.75) is 32.0 Å². The van der Waals surface area contributed by atoms with E-state index in [1.165, 1.54) is 0 Å². The molecule has 0 saturated heterocycles.